The fourth-order valence-electron chi connectivity index (χ4n) is 3.30. The number of aryl methyl sites for hydroxylation is 1. The maximum Gasteiger partial charge on any atom is 0.264 e. The van der Waals surface area contributed by atoms with Crippen molar-refractivity contribution in [2.75, 3.05) is 10.8 Å². The van der Waals surface area contributed by atoms with Gasteiger partial charge in [-0.25, -0.2) is 8.42 Å². The van der Waals surface area contributed by atoms with E-state index in [1.807, 2.05) is 37.3 Å². The first kappa shape index (κ1) is 20.0. The van der Waals surface area contributed by atoms with E-state index >= 15 is 0 Å². The molecule has 7 heteroatoms. The molecule has 3 aromatic rings. The average molecular weight is 423 g/mol. The van der Waals surface area contributed by atoms with Gasteiger partial charge in [-0.2, -0.15) is 0 Å². The molecule has 0 aromatic heterocycles. The Morgan fingerprint density at radius 3 is 2.40 bits per heavy atom. The van der Waals surface area contributed by atoms with Crippen molar-refractivity contribution in [3.8, 4) is 5.75 Å². The summed E-state index contributed by atoms with van der Waals surface area (Å²) in [5, 5.41) is 2.83. The van der Waals surface area contributed by atoms with Crippen LogP contribution in [-0.4, -0.2) is 27.0 Å². The van der Waals surface area contributed by atoms with E-state index in [0.29, 0.717) is 18.0 Å². The third-order valence-corrected chi connectivity index (χ3v) is 6.74. The Balaban J connectivity index is 1.60. The standard InChI is InChI=1S/C23H22N2O4S/c1-17-11-13-19(14-12-17)30(27,28)25-16-22(29-21-10-6-5-9-20(21)25)23(26)24-15-18-7-3-2-4-8-18/h2-14,22H,15-16H2,1H3,(H,24,26)/t22-/m0/s1. The number of nitrogens with one attached hydrogen (secondary N) is 1. The van der Waals surface area contributed by atoms with E-state index in [-0.39, 0.29) is 17.3 Å². The lowest BCUT2D eigenvalue weighted by Gasteiger charge is -2.34. The van der Waals surface area contributed by atoms with Gasteiger partial charge in [0, 0.05) is 6.54 Å². The lowest BCUT2D eigenvalue weighted by Crippen LogP contribution is -2.50. The summed E-state index contributed by atoms with van der Waals surface area (Å²) in [5.74, 6) is -0.00300. The summed E-state index contributed by atoms with van der Waals surface area (Å²) in [6.45, 7) is 2.13. The second-order valence-corrected chi connectivity index (χ2v) is 8.99. The molecular formula is C23H22N2O4S. The topological polar surface area (TPSA) is 75.7 Å². The van der Waals surface area contributed by atoms with Gasteiger partial charge in [0.25, 0.3) is 15.9 Å². The average Bonchev–Trinajstić information content (AvgIpc) is 2.77. The summed E-state index contributed by atoms with van der Waals surface area (Å²) in [4.78, 5) is 13.0. The number of benzene rings is 3. The summed E-state index contributed by atoms with van der Waals surface area (Å²) in [6, 6.07) is 23.0. The highest BCUT2D eigenvalue weighted by molar-refractivity contribution is 7.92. The number of sulfonamides is 1. The lowest BCUT2D eigenvalue weighted by molar-refractivity contribution is -0.127. The Kier molecular flexibility index (Phi) is 5.46. The molecule has 1 aliphatic rings. The van der Waals surface area contributed by atoms with E-state index in [2.05, 4.69) is 5.32 Å². The summed E-state index contributed by atoms with van der Waals surface area (Å²) >= 11 is 0. The van der Waals surface area contributed by atoms with E-state index < -0.39 is 16.1 Å². The largest absolute Gasteiger partial charge is 0.476 e. The molecule has 1 amide bonds. The monoisotopic (exact) mass is 422 g/mol. The van der Waals surface area contributed by atoms with Crippen LogP contribution in [0.5, 0.6) is 5.75 Å². The molecule has 0 radical (unpaired) electrons. The zero-order valence-electron chi connectivity index (χ0n) is 16.5. The van der Waals surface area contributed by atoms with Gasteiger partial charge in [0.05, 0.1) is 17.1 Å². The minimum atomic E-state index is -3.85. The highest BCUT2D eigenvalue weighted by Crippen LogP contribution is 2.36. The molecule has 30 heavy (non-hydrogen) atoms. The zero-order chi connectivity index (χ0) is 21.1. The second-order valence-electron chi connectivity index (χ2n) is 7.13. The number of hydrogen-bond donors (Lipinski definition) is 1. The van der Waals surface area contributed by atoms with Gasteiger partial charge >= 0.3 is 0 Å². The highest BCUT2D eigenvalue weighted by atomic mass is 32.2. The third-order valence-electron chi connectivity index (χ3n) is 4.95. The van der Waals surface area contributed by atoms with Gasteiger partial charge in [-0.1, -0.05) is 60.2 Å². The predicted molar refractivity (Wildman–Crippen MR) is 115 cm³/mol. The Morgan fingerprint density at radius 1 is 1.00 bits per heavy atom. The summed E-state index contributed by atoms with van der Waals surface area (Å²) < 4.78 is 33.8. The van der Waals surface area contributed by atoms with Crippen LogP contribution in [0.3, 0.4) is 0 Å². The summed E-state index contributed by atoms with van der Waals surface area (Å²) in [7, 11) is -3.85. The molecule has 154 valence electrons. The number of carbonyl (C=O) groups excluding carboxylic acids is 1. The van der Waals surface area contributed by atoms with Crippen molar-refractivity contribution in [2.45, 2.75) is 24.5 Å². The molecule has 1 heterocycles. The summed E-state index contributed by atoms with van der Waals surface area (Å²) in [5.41, 5.74) is 2.34. The Hall–Kier alpha value is -3.32. The van der Waals surface area contributed by atoms with E-state index in [9.17, 15) is 13.2 Å². The van der Waals surface area contributed by atoms with Crippen LogP contribution in [0.25, 0.3) is 0 Å². The van der Waals surface area contributed by atoms with Crippen molar-refractivity contribution in [1.82, 2.24) is 5.32 Å². The van der Waals surface area contributed by atoms with Crippen LogP contribution < -0.4 is 14.4 Å². The Bertz CT molecular complexity index is 1150. The van der Waals surface area contributed by atoms with E-state index in [4.69, 9.17) is 4.74 Å². The Morgan fingerprint density at radius 2 is 1.67 bits per heavy atom. The van der Waals surface area contributed by atoms with Crippen LogP contribution in [0.2, 0.25) is 0 Å². The predicted octanol–water partition coefficient (Wildman–Crippen LogP) is 3.27. The van der Waals surface area contributed by atoms with Crippen LogP contribution >= 0.6 is 0 Å². The molecule has 0 saturated heterocycles. The van der Waals surface area contributed by atoms with Crippen molar-refractivity contribution >= 4 is 21.6 Å². The van der Waals surface area contributed by atoms with Gasteiger partial charge in [0.15, 0.2) is 6.10 Å². The number of anilines is 1. The molecule has 4 rings (SSSR count). The fourth-order valence-corrected chi connectivity index (χ4v) is 4.78. The smallest absolute Gasteiger partial charge is 0.264 e. The Labute approximate surface area is 176 Å². The first-order valence-corrected chi connectivity index (χ1v) is 11.1. The van der Waals surface area contributed by atoms with Crippen LogP contribution in [0.15, 0.2) is 83.8 Å². The lowest BCUT2D eigenvalue weighted by atomic mass is 10.2. The first-order valence-electron chi connectivity index (χ1n) is 9.62. The number of fused-ring (bicyclic) bond motifs is 1. The molecule has 6 nitrogen and oxygen atoms in total. The van der Waals surface area contributed by atoms with E-state index in [1.54, 1.807) is 48.5 Å². The molecule has 0 aliphatic carbocycles. The number of amides is 1. The minimum absolute atomic E-state index is 0.103. The maximum absolute atomic E-state index is 13.3. The van der Waals surface area contributed by atoms with Crippen LogP contribution in [0.4, 0.5) is 5.69 Å². The molecule has 3 aromatic carbocycles. The maximum atomic E-state index is 13.3. The van der Waals surface area contributed by atoms with Gasteiger partial charge in [-0.3, -0.25) is 9.10 Å². The number of hydrogen-bond acceptors (Lipinski definition) is 4. The molecule has 0 bridgehead atoms. The minimum Gasteiger partial charge on any atom is -0.476 e. The van der Waals surface area contributed by atoms with E-state index in [1.165, 1.54) is 4.31 Å². The molecule has 1 atom stereocenters. The van der Waals surface area contributed by atoms with Crippen molar-refractivity contribution < 1.29 is 17.9 Å². The first-order chi connectivity index (χ1) is 14.4. The van der Waals surface area contributed by atoms with Crippen molar-refractivity contribution in [1.29, 1.82) is 0 Å². The number of ether oxygens (including phenoxy) is 1. The number of rotatable bonds is 5. The molecule has 0 fully saturated rings. The molecule has 1 aliphatic heterocycles. The fraction of sp³-hybridized carbons (Fsp3) is 0.174. The molecular weight excluding hydrogens is 400 g/mol. The highest BCUT2D eigenvalue weighted by Gasteiger charge is 2.37. The van der Waals surface area contributed by atoms with Gasteiger partial charge in [-0.05, 0) is 36.8 Å². The second kappa shape index (κ2) is 8.20. The SMILES string of the molecule is Cc1ccc(S(=O)(=O)N2C[C@@H](C(=O)NCc3ccccc3)Oc3ccccc32)cc1. The molecule has 0 spiro atoms. The van der Waals surface area contributed by atoms with Crippen molar-refractivity contribution in [3.63, 3.8) is 0 Å². The summed E-state index contributed by atoms with van der Waals surface area (Å²) in [6.07, 6.45) is -0.955. The number of para-hydroxylation sites is 2. The number of nitrogens with zero attached hydrogens (tertiary/aromatic N) is 1. The van der Waals surface area contributed by atoms with Crippen molar-refractivity contribution in [3.05, 3.63) is 90.0 Å². The van der Waals surface area contributed by atoms with Crippen LogP contribution in [0, 0.1) is 6.92 Å². The number of carbonyl (C=O) groups is 1. The van der Waals surface area contributed by atoms with Gasteiger partial charge < -0.3 is 10.1 Å². The van der Waals surface area contributed by atoms with Crippen molar-refractivity contribution in [2.24, 2.45) is 0 Å². The molecule has 0 unspecified atom stereocenters. The molecule has 0 saturated carbocycles. The third kappa shape index (κ3) is 4.02. The quantitative estimate of drug-likeness (QED) is 0.685. The van der Waals surface area contributed by atoms with Gasteiger partial charge in [-0.15, -0.1) is 0 Å². The normalized spacial score (nSPS) is 15.8. The van der Waals surface area contributed by atoms with Gasteiger partial charge in [0.1, 0.15) is 5.75 Å². The van der Waals surface area contributed by atoms with Gasteiger partial charge in [0.2, 0.25) is 0 Å². The van der Waals surface area contributed by atoms with Crippen LogP contribution in [0.1, 0.15) is 11.1 Å². The van der Waals surface area contributed by atoms with E-state index in [0.717, 1.165) is 11.1 Å². The van der Waals surface area contributed by atoms with Crippen LogP contribution in [-0.2, 0) is 21.4 Å². The zero-order valence-corrected chi connectivity index (χ0v) is 17.3. The molecule has 1 N–H and O–H groups in total.